The Bertz CT molecular complexity index is 688. The highest BCUT2D eigenvalue weighted by Gasteiger charge is 2.31. The molecule has 2 N–H and O–H groups in total. The topological polar surface area (TPSA) is 66.8 Å². The van der Waals surface area contributed by atoms with Crippen LogP contribution in [0.15, 0.2) is 36.4 Å². The van der Waals surface area contributed by atoms with E-state index in [1.807, 2.05) is 19.1 Å². The third kappa shape index (κ3) is 3.59. The molecule has 0 radical (unpaired) electrons. The summed E-state index contributed by atoms with van der Waals surface area (Å²) in [5.41, 5.74) is 1.65. The van der Waals surface area contributed by atoms with Crippen LogP contribution in [0.2, 0.25) is 0 Å². The highest BCUT2D eigenvalue weighted by molar-refractivity contribution is 6.61. The van der Waals surface area contributed by atoms with Gasteiger partial charge < -0.3 is 14.9 Å². The summed E-state index contributed by atoms with van der Waals surface area (Å²) in [6.45, 7) is 5.57. The van der Waals surface area contributed by atoms with E-state index < -0.39 is 10.8 Å². The molecule has 0 saturated heterocycles. The number of hydrogen-bond donors (Lipinski definition) is 2. The molecule has 0 saturated carbocycles. The van der Waals surface area contributed by atoms with Crippen LogP contribution in [0.4, 0.5) is 4.79 Å². The van der Waals surface area contributed by atoms with E-state index in [4.69, 9.17) is 16.3 Å². The molecule has 0 bridgehead atoms. The van der Waals surface area contributed by atoms with Gasteiger partial charge in [-0.25, -0.2) is 4.79 Å². The van der Waals surface area contributed by atoms with E-state index in [2.05, 4.69) is 0 Å². The Labute approximate surface area is 140 Å². The summed E-state index contributed by atoms with van der Waals surface area (Å²) in [5, 5.41) is 19.5. The minimum atomic E-state index is -0.873. The van der Waals surface area contributed by atoms with Crippen LogP contribution in [0.25, 0.3) is 0 Å². The molecule has 0 aliphatic rings. The lowest BCUT2D eigenvalue weighted by atomic mass is 9.76. The third-order valence-corrected chi connectivity index (χ3v) is 4.25. The number of halogens is 1. The van der Waals surface area contributed by atoms with E-state index in [0.29, 0.717) is 0 Å². The van der Waals surface area contributed by atoms with Gasteiger partial charge in [-0.2, -0.15) is 0 Å². The Hall–Kier alpha value is -2.20. The van der Waals surface area contributed by atoms with Gasteiger partial charge in [0.25, 0.3) is 0 Å². The zero-order valence-corrected chi connectivity index (χ0v) is 14.0. The summed E-state index contributed by atoms with van der Waals surface area (Å²) in [4.78, 5) is 11.1. The predicted octanol–water partition coefficient (Wildman–Crippen LogP) is 4.40. The molecular weight excluding hydrogens is 316 g/mol. The van der Waals surface area contributed by atoms with Crippen LogP contribution < -0.4 is 0 Å². The molecule has 5 heteroatoms. The van der Waals surface area contributed by atoms with Gasteiger partial charge in [-0.15, -0.1) is 0 Å². The van der Waals surface area contributed by atoms with E-state index in [-0.39, 0.29) is 18.1 Å². The number of phenols is 2. The molecule has 0 fully saturated rings. The lowest BCUT2D eigenvalue weighted by Crippen LogP contribution is -2.30. The van der Waals surface area contributed by atoms with Gasteiger partial charge in [0.05, 0.1) is 5.41 Å². The summed E-state index contributed by atoms with van der Waals surface area (Å²) in [6, 6.07) is 10.5. The fraction of sp³-hybridized carbons (Fsp3) is 0.278. The van der Waals surface area contributed by atoms with Crippen LogP contribution in [0.3, 0.4) is 0 Å². The summed E-state index contributed by atoms with van der Waals surface area (Å²) in [5.74, 6) is 0.402. The molecule has 0 amide bonds. The molecule has 0 aliphatic carbocycles. The van der Waals surface area contributed by atoms with Gasteiger partial charge in [0.1, 0.15) is 18.1 Å². The smallest absolute Gasteiger partial charge is 0.403 e. The van der Waals surface area contributed by atoms with Crippen LogP contribution >= 0.6 is 11.6 Å². The van der Waals surface area contributed by atoms with Crippen molar-refractivity contribution in [3.8, 4) is 11.5 Å². The first-order valence-corrected chi connectivity index (χ1v) is 7.54. The monoisotopic (exact) mass is 334 g/mol. The summed E-state index contributed by atoms with van der Waals surface area (Å²) < 4.78 is 5.06. The molecule has 0 aliphatic heterocycles. The van der Waals surface area contributed by atoms with Crippen molar-refractivity contribution in [1.82, 2.24) is 0 Å². The Morgan fingerprint density at radius 2 is 1.48 bits per heavy atom. The fourth-order valence-corrected chi connectivity index (χ4v) is 2.59. The molecule has 23 heavy (non-hydrogen) atoms. The van der Waals surface area contributed by atoms with Crippen molar-refractivity contribution in [1.29, 1.82) is 0 Å². The molecule has 4 nitrogen and oxygen atoms in total. The van der Waals surface area contributed by atoms with Crippen molar-refractivity contribution in [2.24, 2.45) is 0 Å². The van der Waals surface area contributed by atoms with Crippen LogP contribution in [-0.4, -0.2) is 22.2 Å². The van der Waals surface area contributed by atoms with Crippen molar-refractivity contribution in [3.63, 3.8) is 0 Å². The van der Waals surface area contributed by atoms with Crippen molar-refractivity contribution in [3.05, 3.63) is 58.7 Å². The lowest BCUT2D eigenvalue weighted by molar-refractivity contribution is 0.153. The second-order valence-corrected chi connectivity index (χ2v) is 6.17. The average Bonchev–Trinajstić information content (AvgIpc) is 2.50. The first-order valence-electron chi connectivity index (χ1n) is 7.16. The van der Waals surface area contributed by atoms with Gasteiger partial charge in [-0.1, -0.05) is 24.3 Å². The molecule has 2 rings (SSSR count). The van der Waals surface area contributed by atoms with Crippen LogP contribution in [0.5, 0.6) is 11.5 Å². The van der Waals surface area contributed by atoms with Gasteiger partial charge in [0, 0.05) is 11.6 Å². The first kappa shape index (κ1) is 17.2. The SMILES string of the molecule is Cc1cc(C(C)(COC(=O)Cl)c2ccc(O)c(C)c2)ccc1O. The van der Waals surface area contributed by atoms with Gasteiger partial charge >= 0.3 is 5.43 Å². The number of phenolic OH excluding ortho intramolecular Hbond substituents is 2. The molecule has 0 spiro atoms. The number of rotatable bonds is 4. The standard InChI is InChI=1S/C18H19ClO4/c1-11-8-13(4-6-15(11)20)18(3,10-23-17(19)22)14-5-7-16(21)12(2)9-14/h4-9,20-21H,10H2,1-3H3. The Kier molecular flexibility index (Phi) is 4.85. The number of carbonyl (C=O) groups is 1. The maximum Gasteiger partial charge on any atom is 0.403 e. The number of aryl methyl sites for hydroxylation is 2. The molecule has 2 aromatic carbocycles. The van der Waals surface area contributed by atoms with Crippen molar-refractivity contribution in [2.75, 3.05) is 6.61 Å². The normalized spacial score (nSPS) is 11.3. The molecular formula is C18H19ClO4. The van der Waals surface area contributed by atoms with E-state index >= 15 is 0 Å². The molecule has 0 heterocycles. The molecule has 122 valence electrons. The highest BCUT2D eigenvalue weighted by Crippen LogP contribution is 2.36. The first-order chi connectivity index (χ1) is 10.7. The quantitative estimate of drug-likeness (QED) is 0.813. The molecule has 2 aromatic rings. The number of aromatic hydroxyl groups is 2. The number of carbonyl (C=O) groups excluding carboxylic acids is 1. The maximum absolute atomic E-state index is 11.1. The van der Waals surface area contributed by atoms with Crippen LogP contribution in [0.1, 0.15) is 29.2 Å². The summed E-state index contributed by atoms with van der Waals surface area (Å²) >= 11 is 5.33. The number of ether oxygens (including phenoxy) is 1. The van der Waals surface area contributed by atoms with Crippen LogP contribution in [0, 0.1) is 13.8 Å². The number of benzene rings is 2. The zero-order chi connectivity index (χ0) is 17.2. The van der Waals surface area contributed by atoms with Crippen LogP contribution in [-0.2, 0) is 10.2 Å². The van der Waals surface area contributed by atoms with Gasteiger partial charge in [0.15, 0.2) is 0 Å². The second kappa shape index (κ2) is 6.50. The Balaban J connectivity index is 2.56. The molecule has 0 aromatic heterocycles. The highest BCUT2D eigenvalue weighted by atomic mass is 35.5. The molecule has 0 unspecified atom stereocenters. The van der Waals surface area contributed by atoms with Gasteiger partial charge in [-0.05, 0) is 55.2 Å². The third-order valence-electron chi connectivity index (χ3n) is 4.14. The minimum absolute atomic E-state index is 0.0454. The van der Waals surface area contributed by atoms with Crippen molar-refractivity contribution < 1.29 is 19.7 Å². The zero-order valence-electron chi connectivity index (χ0n) is 13.3. The van der Waals surface area contributed by atoms with E-state index in [1.165, 1.54) is 0 Å². The summed E-state index contributed by atoms with van der Waals surface area (Å²) in [6.07, 6.45) is 0. The number of hydrogen-bond acceptors (Lipinski definition) is 4. The van der Waals surface area contributed by atoms with E-state index in [1.54, 1.807) is 38.1 Å². The average molecular weight is 335 g/mol. The summed E-state index contributed by atoms with van der Waals surface area (Å²) in [7, 11) is 0. The largest absolute Gasteiger partial charge is 0.508 e. The molecule has 0 atom stereocenters. The minimum Gasteiger partial charge on any atom is -0.508 e. The van der Waals surface area contributed by atoms with Gasteiger partial charge in [0.2, 0.25) is 0 Å². The predicted molar refractivity (Wildman–Crippen MR) is 89.3 cm³/mol. The van der Waals surface area contributed by atoms with E-state index in [0.717, 1.165) is 22.3 Å². The van der Waals surface area contributed by atoms with E-state index in [9.17, 15) is 15.0 Å². The Morgan fingerprint density at radius 3 is 1.83 bits per heavy atom. The van der Waals surface area contributed by atoms with Crippen molar-refractivity contribution >= 4 is 17.0 Å². The maximum atomic E-state index is 11.1. The Morgan fingerprint density at radius 1 is 1.04 bits per heavy atom. The van der Waals surface area contributed by atoms with Crippen molar-refractivity contribution in [2.45, 2.75) is 26.2 Å². The van der Waals surface area contributed by atoms with Gasteiger partial charge in [-0.3, -0.25) is 0 Å². The fourth-order valence-electron chi connectivity index (χ4n) is 2.53. The second-order valence-electron chi connectivity index (χ2n) is 5.86. The lowest BCUT2D eigenvalue weighted by Gasteiger charge is -2.31.